The normalized spacial score (nSPS) is 21.1. The molecule has 1 aliphatic carbocycles. The Hall–Kier alpha value is -1.65. The fourth-order valence-electron chi connectivity index (χ4n) is 2.81. The van der Waals surface area contributed by atoms with Gasteiger partial charge in [-0.3, -0.25) is 4.79 Å². The van der Waals surface area contributed by atoms with Gasteiger partial charge in [-0.2, -0.15) is 0 Å². The SMILES string of the molecule is COc1cc(N2CCC(F)(F)C2)c(C2CC2)cc1C=O. The van der Waals surface area contributed by atoms with Crippen molar-refractivity contribution in [2.24, 2.45) is 0 Å². The molecule has 0 atom stereocenters. The number of carbonyl (C=O) groups is 1. The van der Waals surface area contributed by atoms with Crippen LogP contribution in [0.1, 0.15) is 41.1 Å². The summed E-state index contributed by atoms with van der Waals surface area (Å²) in [7, 11) is 1.49. The van der Waals surface area contributed by atoms with Gasteiger partial charge in [0.1, 0.15) is 5.75 Å². The van der Waals surface area contributed by atoms with Crippen molar-refractivity contribution in [2.75, 3.05) is 25.1 Å². The average molecular weight is 281 g/mol. The third-order valence-electron chi connectivity index (χ3n) is 4.03. The number of hydrogen-bond acceptors (Lipinski definition) is 3. The molecular weight excluding hydrogens is 264 g/mol. The Balaban J connectivity index is 2.02. The largest absolute Gasteiger partial charge is 0.496 e. The minimum Gasteiger partial charge on any atom is -0.496 e. The smallest absolute Gasteiger partial charge is 0.266 e. The molecule has 0 amide bonds. The quantitative estimate of drug-likeness (QED) is 0.794. The molecule has 3 rings (SSSR count). The lowest BCUT2D eigenvalue weighted by Crippen LogP contribution is -2.25. The maximum absolute atomic E-state index is 13.4. The monoisotopic (exact) mass is 281 g/mol. The number of benzene rings is 1. The Bertz CT molecular complexity index is 541. The second kappa shape index (κ2) is 4.72. The third-order valence-corrected chi connectivity index (χ3v) is 4.03. The summed E-state index contributed by atoms with van der Waals surface area (Å²) < 4.78 is 32.1. The van der Waals surface area contributed by atoms with Crippen LogP contribution in [0.25, 0.3) is 0 Å². The molecule has 1 aromatic rings. The maximum Gasteiger partial charge on any atom is 0.266 e. The van der Waals surface area contributed by atoms with E-state index in [4.69, 9.17) is 4.74 Å². The van der Waals surface area contributed by atoms with E-state index in [1.807, 2.05) is 0 Å². The van der Waals surface area contributed by atoms with E-state index in [0.717, 1.165) is 30.4 Å². The molecule has 0 N–H and O–H groups in total. The molecular formula is C15H17F2NO2. The summed E-state index contributed by atoms with van der Waals surface area (Å²) >= 11 is 0. The molecule has 1 saturated carbocycles. The summed E-state index contributed by atoms with van der Waals surface area (Å²) in [6.07, 6.45) is 2.76. The number of nitrogens with zero attached hydrogens (tertiary/aromatic N) is 1. The number of aldehydes is 1. The second-order valence-corrected chi connectivity index (χ2v) is 5.57. The molecule has 2 fully saturated rings. The molecule has 3 nitrogen and oxygen atoms in total. The lowest BCUT2D eigenvalue weighted by atomic mass is 10.0. The van der Waals surface area contributed by atoms with Crippen molar-refractivity contribution in [3.63, 3.8) is 0 Å². The summed E-state index contributed by atoms with van der Waals surface area (Å²) in [4.78, 5) is 12.8. The molecule has 2 aliphatic rings. The van der Waals surface area contributed by atoms with Crippen molar-refractivity contribution in [2.45, 2.75) is 31.1 Å². The molecule has 0 aromatic heterocycles. The van der Waals surface area contributed by atoms with Gasteiger partial charge in [0.25, 0.3) is 5.92 Å². The first-order valence-electron chi connectivity index (χ1n) is 6.84. The van der Waals surface area contributed by atoms with E-state index in [1.54, 1.807) is 17.0 Å². The zero-order chi connectivity index (χ0) is 14.3. The Kier molecular flexibility index (Phi) is 3.15. The van der Waals surface area contributed by atoms with E-state index in [2.05, 4.69) is 0 Å². The van der Waals surface area contributed by atoms with E-state index in [-0.39, 0.29) is 13.0 Å². The number of ether oxygens (including phenoxy) is 1. The van der Waals surface area contributed by atoms with Crippen molar-refractivity contribution < 1.29 is 18.3 Å². The molecule has 1 saturated heterocycles. The number of alkyl halides is 2. The molecule has 5 heteroatoms. The van der Waals surface area contributed by atoms with Crippen LogP contribution in [0, 0.1) is 0 Å². The van der Waals surface area contributed by atoms with Crippen molar-refractivity contribution in [1.82, 2.24) is 0 Å². The zero-order valence-corrected chi connectivity index (χ0v) is 11.4. The Labute approximate surface area is 116 Å². The van der Waals surface area contributed by atoms with Gasteiger partial charge >= 0.3 is 0 Å². The van der Waals surface area contributed by atoms with E-state index in [9.17, 15) is 13.6 Å². The highest BCUT2D eigenvalue weighted by molar-refractivity contribution is 5.82. The van der Waals surface area contributed by atoms with Crippen LogP contribution in [-0.4, -0.2) is 32.4 Å². The third kappa shape index (κ3) is 2.37. The standard InChI is InChI=1S/C15H17F2NO2/c1-20-14-7-13(18-5-4-15(16,17)9-18)12(10-2-3-10)6-11(14)8-19/h6-8,10H,2-5,9H2,1H3. The van der Waals surface area contributed by atoms with Gasteiger partial charge in [-0.1, -0.05) is 0 Å². The van der Waals surface area contributed by atoms with Gasteiger partial charge in [0.2, 0.25) is 0 Å². The fraction of sp³-hybridized carbons (Fsp3) is 0.533. The second-order valence-electron chi connectivity index (χ2n) is 5.57. The highest BCUT2D eigenvalue weighted by atomic mass is 19.3. The van der Waals surface area contributed by atoms with Crippen molar-refractivity contribution in [3.8, 4) is 5.75 Å². The fourth-order valence-corrected chi connectivity index (χ4v) is 2.81. The highest BCUT2D eigenvalue weighted by Gasteiger charge is 2.40. The predicted molar refractivity (Wildman–Crippen MR) is 72.1 cm³/mol. The van der Waals surface area contributed by atoms with Gasteiger partial charge in [-0.15, -0.1) is 0 Å². The van der Waals surface area contributed by atoms with Crippen LogP contribution in [0.3, 0.4) is 0 Å². The molecule has 0 bridgehead atoms. The number of hydrogen-bond donors (Lipinski definition) is 0. The molecule has 1 heterocycles. The Morgan fingerprint density at radius 2 is 2.15 bits per heavy atom. The van der Waals surface area contributed by atoms with Crippen LogP contribution >= 0.6 is 0 Å². The lowest BCUT2D eigenvalue weighted by molar-refractivity contribution is 0.0257. The molecule has 0 unspecified atom stereocenters. The van der Waals surface area contributed by atoms with E-state index >= 15 is 0 Å². The van der Waals surface area contributed by atoms with Gasteiger partial charge in [-0.25, -0.2) is 8.78 Å². The lowest BCUT2D eigenvalue weighted by Gasteiger charge is -2.23. The summed E-state index contributed by atoms with van der Waals surface area (Å²) in [6, 6.07) is 3.54. The molecule has 1 aromatic carbocycles. The Morgan fingerprint density at radius 3 is 2.65 bits per heavy atom. The van der Waals surface area contributed by atoms with Crippen LogP contribution < -0.4 is 9.64 Å². The molecule has 1 aliphatic heterocycles. The van der Waals surface area contributed by atoms with E-state index in [0.29, 0.717) is 23.8 Å². The number of anilines is 1. The summed E-state index contributed by atoms with van der Waals surface area (Å²) in [6.45, 7) is 0.0899. The van der Waals surface area contributed by atoms with Gasteiger partial charge in [-0.05, 0) is 30.4 Å². The number of carbonyl (C=O) groups excluding carboxylic acids is 1. The minimum atomic E-state index is -2.63. The Morgan fingerprint density at radius 1 is 1.40 bits per heavy atom. The van der Waals surface area contributed by atoms with Crippen LogP contribution in [-0.2, 0) is 0 Å². The van der Waals surface area contributed by atoms with Gasteiger partial charge in [0.15, 0.2) is 6.29 Å². The van der Waals surface area contributed by atoms with Gasteiger partial charge in [0, 0.05) is 24.7 Å². The molecule has 0 radical (unpaired) electrons. The number of halogens is 2. The number of rotatable bonds is 4. The molecule has 0 spiro atoms. The molecule has 108 valence electrons. The zero-order valence-electron chi connectivity index (χ0n) is 11.4. The van der Waals surface area contributed by atoms with E-state index in [1.165, 1.54) is 7.11 Å². The first kappa shape index (κ1) is 13.3. The van der Waals surface area contributed by atoms with Crippen LogP contribution in [0.5, 0.6) is 5.75 Å². The van der Waals surface area contributed by atoms with Gasteiger partial charge < -0.3 is 9.64 Å². The number of methoxy groups -OCH3 is 1. The van der Waals surface area contributed by atoms with Crippen molar-refractivity contribution in [3.05, 3.63) is 23.3 Å². The van der Waals surface area contributed by atoms with Crippen LogP contribution in [0.15, 0.2) is 12.1 Å². The predicted octanol–water partition coefficient (Wildman–Crippen LogP) is 3.23. The topological polar surface area (TPSA) is 29.5 Å². The van der Waals surface area contributed by atoms with E-state index < -0.39 is 5.92 Å². The molecule has 20 heavy (non-hydrogen) atoms. The summed E-state index contributed by atoms with van der Waals surface area (Å²) in [5.74, 6) is -1.78. The van der Waals surface area contributed by atoms with Crippen molar-refractivity contribution in [1.29, 1.82) is 0 Å². The van der Waals surface area contributed by atoms with Crippen LogP contribution in [0.4, 0.5) is 14.5 Å². The highest BCUT2D eigenvalue weighted by Crippen LogP contribution is 2.47. The van der Waals surface area contributed by atoms with Crippen LogP contribution in [0.2, 0.25) is 0 Å². The summed E-state index contributed by atoms with van der Waals surface area (Å²) in [5, 5.41) is 0. The summed E-state index contributed by atoms with van der Waals surface area (Å²) in [5.41, 5.74) is 2.29. The first-order chi connectivity index (χ1) is 9.54. The minimum absolute atomic E-state index is 0.116. The maximum atomic E-state index is 13.4. The average Bonchev–Trinajstić information content (AvgIpc) is 3.21. The van der Waals surface area contributed by atoms with Crippen molar-refractivity contribution >= 4 is 12.0 Å². The van der Waals surface area contributed by atoms with Gasteiger partial charge in [0.05, 0.1) is 19.2 Å². The first-order valence-corrected chi connectivity index (χ1v) is 6.84.